The Kier molecular flexibility index (Phi) is 5.64. The molecule has 1 heterocycles. The molecule has 0 radical (unpaired) electrons. The molecule has 0 fully saturated rings. The minimum absolute atomic E-state index is 0.0256. The molecular weight excluding hydrogens is 299 g/mol. The number of nitrogens with zero attached hydrogens (tertiary/aromatic N) is 2. The highest BCUT2D eigenvalue weighted by molar-refractivity contribution is 7.99. The van der Waals surface area contributed by atoms with E-state index in [2.05, 4.69) is 50.9 Å². The zero-order valence-electron chi connectivity index (χ0n) is 13.6. The number of benzene rings is 1. The fraction of sp³-hybridized carbons (Fsp3) is 0.471. The Morgan fingerprint density at radius 3 is 2.36 bits per heavy atom. The average molecular weight is 322 g/mol. The predicted molar refractivity (Wildman–Crippen MR) is 88.3 cm³/mol. The molecule has 1 aromatic carbocycles. The quantitative estimate of drug-likeness (QED) is 0.864. The number of aromatic nitrogens is 2. The molecule has 0 aliphatic rings. The molecule has 0 spiro atoms. The lowest BCUT2D eigenvalue weighted by molar-refractivity contribution is 0.286. The predicted octanol–water partition coefficient (Wildman–Crippen LogP) is 4.24. The Morgan fingerprint density at radius 2 is 1.86 bits per heavy atom. The summed E-state index contributed by atoms with van der Waals surface area (Å²) in [5.74, 6) is 0.819. The van der Waals surface area contributed by atoms with Gasteiger partial charge in [0.2, 0.25) is 0 Å². The third kappa shape index (κ3) is 3.70. The summed E-state index contributed by atoms with van der Waals surface area (Å²) in [5, 5.41) is 10.00. The smallest absolute Gasteiger partial charge is 0.167 e. The fourth-order valence-electron chi connectivity index (χ4n) is 2.50. The SMILES string of the molecule is Cc1cc(C)cc(Sc2c(C(C)C)nc(CCO)n2CF)c1. The van der Waals surface area contributed by atoms with Crippen molar-refractivity contribution in [2.75, 3.05) is 6.61 Å². The summed E-state index contributed by atoms with van der Waals surface area (Å²) >= 11 is 1.55. The van der Waals surface area contributed by atoms with Crippen LogP contribution in [-0.4, -0.2) is 21.3 Å². The van der Waals surface area contributed by atoms with E-state index >= 15 is 0 Å². The van der Waals surface area contributed by atoms with Gasteiger partial charge in [-0.05, 0) is 43.0 Å². The Bertz CT molecular complexity index is 632. The molecule has 0 atom stereocenters. The number of aliphatic hydroxyl groups is 1. The van der Waals surface area contributed by atoms with Gasteiger partial charge in [-0.15, -0.1) is 0 Å². The van der Waals surface area contributed by atoms with Crippen LogP contribution in [-0.2, 0) is 13.2 Å². The van der Waals surface area contributed by atoms with Gasteiger partial charge in [0.15, 0.2) is 6.80 Å². The highest BCUT2D eigenvalue weighted by atomic mass is 32.2. The second-order valence-corrected chi connectivity index (χ2v) is 6.88. The van der Waals surface area contributed by atoms with Crippen LogP contribution in [0.15, 0.2) is 28.1 Å². The Hall–Kier alpha value is -1.33. The van der Waals surface area contributed by atoms with Crippen molar-refractivity contribution in [1.29, 1.82) is 0 Å². The van der Waals surface area contributed by atoms with Crippen molar-refractivity contribution in [3.8, 4) is 0 Å². The molecule has 0 unspecified atom stereocenters. The zero-order chi connectivity index (χ0) is 16.3. The fourth-order valence-corrected chi connectivity index (χ4v) is 3.87. The molecule has 22 heavy (non-hydrogen) atoms. The lowest BCUT2D eigenvalue weighted by atomic mass is 10.1. The van der Waals surface area contributed by atoms with Crippen molar-refractivity contribution in [2.45, 2.75) is 56.8 Å². The topological polar surface area (TPSA) is 38.1 Å². The maximum absolute atomic E-state index is 13.5. The van der Waals surface area contributed by atoms with Crippen LogP contribution in [0.5, 0.6) is 0 Å². The number of hydrogen-bond acceptors (Lipinski definition) is 3. The van der Waals surface area contributed by atoms with Gasteiger partial charge >= 0.3 is 0 Å². The third-order valence-electron chi connectivity index (χ3n) is 3.44. The Labute approximate surface area is 135 Å². The van der Waals surface area contributed by atoms with E-state index in [0.29, 0.717) is 12.2 Å². The second kappa shape index (κ2) is 7.29. The molecular formula is C17H23FN2OS. The van der Waals surface area contributed by atoms with E-state index in [1.54, 1.807) is 16.3 Å². The molecule has 2 aromatic rings. The van der Waals surface area contributed by atoms with Gasteiger partial charge in [-0.2, -0.15) is 0 Å². The number of halogens is 1. The second-order valence-electron chi connectivity index (χ2n) is 5.82. The first kappa shape index (κ1) is 17.0. The molecule has 0 saturated carbocycles. The minimum Gasteiger partial charge on any atom is -0.396 e. The van der Waals surface area contributed by atoms with Gasteiger partial charge in [-0.3, -0.25) is 4.57 Å². The molecule has 5 heteroatoms. The molecule has 0 bridgehead atoms. The maximum Gasteiger partial charge on any atom is 0.167 e. The van der Waals surface area contributed by atoms with Crippen LogP contribution in [0.4, 0.5) is 4.39 Å². The molecule has 0 aliphatic carbocycles. The summed E-state index contributed by atoms with van der Waals surface area (Å²) in [6.45, 7) is 7.58. The first-order chi connectivity index (χ1) is 10.5. The van der Waals surface area contributed by atoms with Gasteiger partial charge in [-0.25, -0.2) is 9.37 Å². The van der Waals surface area contributed by atoms with Gasteiger partial charge in [0.25, 0.3) is 0 Å². The van der Waals surface area contributed by atoms with E-state index in [1.807, 2.05) is 0 Å². The lowest BCUT2D eigenvalue weighted by Gasteiger charge is -2.11. The van der Waals surface area contributed by atoms with E-state index in [-0.39, 0.29) is 12.5 Å². The summed E-state index contributed by atoms with van der Waals surface area (Å²) in [6.07, 6.45) is 0.372. The Balaban J connectivity index is 2.47. The first-order valence-electron chi connectivity index (χ1n) is 7.48. The normalized spacial score (nSPS) is 11.4. The van der Waals surface area contributed by atoms with Crippen molar-refractivity contribution < 1.29 is 9.50 Å². The summed E-state index contributed by atoms with van der Waals surface area (Å²) in [7, 11) is 0. The summed E-state index contributed by atoms with van der Waals surface area (Å²) in [4.78, 5) is 5.64. The van der Waals surface area contributed by atoms with E-state index in [9.17, 15) is 4.39 Å². The van der Waals surface area contributed by atoms with E-state index in [1.165, 1.54) is 11.1 Å². The minimum atomic E-state index is -0.623. The highest BCUT2D eigenvalue weighted by Crippen LogP contribution is 2.35. The van der Waals surface area contributed by atoms with Crippen LogP contribution in [0.1, 0.15) is 42.4 Å². The average Bonchev–Trinajstić information content (AvgIpc) is 2.76. The van der Waals surface area contributed by atoms with Crippen LogP contribution < -0.4 is 0 Å². The molecule has 0 amide bonds. The van der Waals surface area contributed by atoms with Crippen LogP contribution in [0.25, 0.3) is 0 Å². The monoisotopic (exact) mass is 322 g/mol. The Morgan fingerprint density at radius 1 is 1.23 bits per heavy atom. The first-order valence-corrected chi connectivity index (χ1v) is 8.30. The maximum atomic E-state index is 13.5. The van der Waals surface area contributed by atoms with Crippen LogP contribution >= 0.6 is 11.8 Å². The van der Waals surface area contributed by atoms with Crippen molar-refractivity contribution >= 4 is 11.8 Å². The van der Waals surface area contributed by atoms with Gasteiger partial charge in [-0.1, -0.05) is 31.7 Å². The highest BCUT2D eigenvalue weighted by Gasteiger charge is 2.20. The van der Waals surface area contributed by atoms with Crippen molar-refractivity contribution in [2.24, 2.45) is 0 Å². The molecule has 1 N–H and O–H groups in total. The number of rotatable bonds is 6. The van der Waals surface area contributed by atoms with Gasteiger partial charge in [0.05, 0.1) is 12.3 Å². The van der Waals surface area contributed by atoms with Crippen molar-refractivity contribution in [3.05, 3.63) is 40.8 Å². The lowest BCUT2D eigenvalue weighted by Crippen LogP contribution is -2.04. The summed E-state index contributed by atoms with van der Waals surface area (Å²) < 4.78 is 15.1. The van der Waals surface area contributed by atoms with Gasteiger partial charge in [0, 0.05) is 11.3 Å². The van der Waals surface area contributed by atoms with Gasteiger partial charge in [0.1, 0.15) is 10.9 Å². The number of aryl methyl sites for hydroxylation is 2. The molecule has 0 saturated heterocycles. The van der Waals surface area contributed by atoms with E-state index in [4.69, 9.17) is 5.11 Å². The summed E-state index contributed by atoms with van der Waals surface area (Å²) in [5.41, 5.74) is 3.27. The third-order valence-corrected chi connectivity index (χ3v) is 4.53. The largest absolute Gasteiger partial charge is 0.396 e. The molecule has 3 nitrogen and oxygen atoms in total. The van der Waals surface area contributed by atoms with Crippen LogP contribution in [0.2, 0.25) is 0 Å². The van der Waals surface area contributed by atoms with Crippen LogP contribution in [0, 0.1) is 13.8 Å². The molecule has 1 aromatic heterocycles. The van der Waals surface area contributed by atoms with Crippen molar-refractivity contribution in [1.82, 2.24) is 9.55 Å². The number of imidazole rings is 1. The van der Waals surface area contributed by atoms with E-state index < -0.39 is 6.80 Å². The standard InChI is InChI=1S/C17H23FN2OS/c1-11(2)16-17(20(10-18)15(19-16)5-6-21)22-14-8-12(3)7-13(4)9-14/h7-9,11,21H,5-6,10H2,1-4H3. The molecule has 120 valence electrons. The number of hydrogen-bond donors (Lipinski definition) is 1. The molecule has 0 aliphatic heterocycles. The summed E-state index contributed by atoms with van der Waals surface area (Å²) in [6, 6.07) is 6.32. The number of aliphatic hydroxyl groups excluding tert-OH is 1. The number of alkyl halides is 1. The molecule has 2 rings (SSSR count). The van der Waals surface area contributed by atoms with Gasteiger partial charge < -0.3 is 5.11 Å². The zero-order valence-corrected chi connectivity index (χ0v) is 14.4. The van der Waals surface area contributed by atoms with Crippen LogP contribution in [0.3, 0.4) is 0 Å². The van der Waals surface area contributed by atoms with E-state index in [0.717, 1.165) is 15.6 Å². The van der Waals surface area contributed by atoms with Crippen molar-refractivity contribution in [3.63, 3.8) is 0 Å².